The van der Waals surface area contributed by atoms with E-state index in [1.54, 1.807) is 0 Å². The van der Waals surface area contributed by atoms with Crippen LogP contribution in [0.25, 0.3) is 0 Å². The summed E-state index contributed by atoms with van der Waals surface area (Å²) in [6.07, 6.45) is 0. The molecule has 2 nitrogen and oxygen atoms in total. The van der Waals surface area contributed by atoms with Gasteiger partial charge < -0.3 is 4.55 Å². The summed E-state index contributed by atoms with van der Waals surface area (Å²) in [5.74, 6) is -0.917. The van der Waals surface area contributed by atoms with Crippen LogP contribution in [-0.2, 0) is 11.1 Å². The van der Waals surface area contributed by atoms with E-state index in [0.29, 0.717) is 0 Å². The first-order valence-corrected chi connectivity index (χ1v) is 4.60. The number of hydrogen-bond donors (Lipinski definition) is 0. The minimum absolute atomic E-state index is 0. The maximum atomic E-state index is 12.8. The van der Waals surface area contributed by atoms with Crippen LogP contribution in [0.3, 0.4) is 0 Å². The normalized spacial score (nSPS) is 12.0. The third-order valence-corrected chi connectivity index (χ3v) is 2.65. The molecule has 1 aromatic carbocycles. The maximum Gasteiger partial charge on any atom is 1.00 e. The van der Waals surface area contributed by atoms with E-state index in [2.05, 4.69) is 0 Å². The van der Waals surface area contributed by atoms with Crippen LogP contribution in [0.2, 0.25) is 10.0 Å². The van der Waals surface area contributed by atoms with Crippen molar-refractivity contribution in [2.24, 2.45) is 0 Å². The summed E-state index contributed by atoms with van der Waals surface area (Å²) in [5.41, 5.74) is 0. The van der Waals surface area contributed by atoms with E-state index < -0.39 is 21.9 Å². The predicted molar refractivity (Wildman–Crippen MR) is 43.6 cm³/mol. The topological polar surface area (TPSA) is 40.1 Å². The molecular weight excluding hydrogens is 249 g/mol. The second-order valence-corrected chi connectivity index (χ2v) is 3.60. The number of rotatable bonds is 1. The first-order chi connectivity index (χ1) is 5.54. The first-order valence-electron chi connectivity index (χ1n) is 2.77. The zero-order chi connectivity index (χ0) is 9.30. The van der Waals surface area contributed by atoms with E-state index in [1.165, 1.54) is 0 Å². The summed E-state index contributed by atoms with van der Waals surface area (Å²) >= 11 is 8.13. The molecule has 0 N–H and O–H groups in total. The van der Waals surface area contributed by atoms with Crippen LogP contribution >= 0.6 is 23.2 Å². The van der Waals surface area contributed by atoms with E-state index >= 15 is 0 Å². The summed E-state index contributed by atoms with van der Waals surface area (Å²) in [4.78, 5) is -0.293. The third kappa shape index (κ3) is 3.16. The van der Waals surface area contributed by atoms with E-state index in [9.17, 15) is 13.2 Å². The largest absolute Gasteiger partial charge is 1.00 e. The van der Waals surface area contributed by atoms with Crippen LogP contribution in [0.4, 0.5) is 4.39 Å². The summed E-state index contributed by atoms with van der Waals surface area (Å²) in [5, 5.41) is -0.676. The van der Waals surface area contributed by atoms with Gasteiger partial charge in [0, 0.05) is 4.90 Å². The molecule has 0 heterocycles. The van der Waals surface area contributed by atoms with Gasteiger partial charge in [0.25, 0.3) is 0 Å². The van der Waals surface area contributed by atoms with Gasteiger partial charge in [-0.3, -0.25) is 4.21 Å². The van der Waals surface area contributed by atoms with Crippen molar-refractivity contribution in [2.45, 2.75) is 4.90 Å². The Bertz CT molecular complexity index is 348. The molecule has 0 aromatic heterocycles. The van der Waals surface area contributed by atoms with Crippen molar-refractivity contribution in [3.63, 3.8) is 0 Å². The molecule has 0 aliphatic heterocycles. The molecule has 0 saturated carbocycles. The Kier molecular flexibility index (Phi) is 6.02. The SMILES string of the molecule is O=S([O-])c1ccc(Cl)c(F)c1Cl.[Na+]. The molecule has 0 spiro atoms. The molecule has 1 atom stereocenters. The monoisotopic (exact) mass is 250 g/mol. The molecule has 0 saturated heterocycles. The second-order valence-electron chi connectivity index (χ2n) is 1.91. The van der Waals surface area contributed by atoms with E-state index in [-0.39, 0.29) is 39.5 Å². The van der Waals surface area contributed by atoms with Gasteiger partial charge in [-0.15, -0.1) is 0 Å². The number of halogens is 3. The average Bonchev–Trinajstić information content (AvgIpc) is 2.00. The van der Waals surface area contributed by atoms with Gasteiger partial charge in [0.1, 0.15) is 0 Å². The van der Waals surface area contributed by atoms with Crippen molar-refractivity contribution in [2.75, 3.05) is 0 Å². The number of benzene rings is 1. The Morgan fingerprint density at radius 1 is 1.38 bits per heavy atom. The summed E-state index contributed by atoms with van der Waals surface area (Å²) in [7, 11) is 0. The Morgan fingerprint density at radius 2 is 1.92 bits per heavy atom. The molecule has 66 valence electrons. The standard InChI is InChI=1S/C6H3Cl2FO2S.Na/c7-3-1-2-4(12(10)11)5(8)6(3)9;/h1-2H,(H,10,11);/q;+1/p-1. The smallest absolute Gasteiger partial charge is 0.768 e. The molecule has 0 radical (unpaired) electrons. The quantitative estimate of drug-likeness (QED) is 0.379. The van der Waals surface area contributed by atoms with Crippen molar-refractivity contribution in [1.29, 1.82) is 0 Å². The number of hydrogen-bond acceptors (Lipinski definition) is 2. The van der Waals surface area contributed by atoms with Crippen LogP contribution in [0.1, 0.15) is 0 Å². The molecule has 1 aromatic rings. The van der Waals surface area contributed by atoms with Gasteiger partial charge in [-0.1, -0.05) is 23.2 Å². The molecule has 13 heavy (non-hydrogen) atoms. The van der Waals surface area contributed by atoms with Crippen molar-refractivity contribution in [1.82, 2.24) is 0 Å². The Balaban J connectivity index is 0.00000144. The molecule has 1 unspecified atom stereocenters. The molecule has 0 amide bonds. The molecule has 0 aliphatic rings. The minimum Gasteiger partial charge on any atom is -0.768 e. The molecule has 7 heteroatoms. The van der Waals surface area contributed by atoms with Gasteiger partial charge >= 0.3 is 29.6 Å². The average molecular weight is 251 g/mol. The second kappa shape index (κ2) is 5.66. The first kappa shape index (κ1) is 13.8. The molecule has 0 bridgehead atoms. The molecule has 0 fully saturated rings. The summed E-state index contributed by atoms with van der Waals surface area (Å²) in [6, 6.07) is 2.27. The van der Waals surface area contributed by atoms with Crippen molar-refractivity contribution < 1.29 is 42.7 Å². The van der Waals surface area contributed by atoms with Gasteiger partial charge in [0.15, 0.2) is 5.82 Å². The fourth-order valence-corrected chi connectivity index (χ4v) is 1.61. The summed E-state index contributed by atoms with van der Waals surface area (Å²) in [6.45, 7) is 0. The van der Waals surface area contributed by atoms with Crippen LogP contribution in [0, 0.1) is 5.82 Å². The van der Waals surface area contributed by atoms with Gasteiger partial charge in [-0.05, 0) is 23.2 Å². The van der Waals surface area contributed by atoms with Gasteiger partial charge in [0.2, 0.25) is 0 Å². The zero-order valence-corrected chi connectivity index (χ0v) is 10.8. The van der Waals surface area contributed by atoms with Crippen LogP contribution < -0.4 is 29.6 Å². The predicted octanol–water partition coefficient (Wildman–Crippen LogP) is -0.625. The van der Waals surface area contributed by atoms with Gasteiger partial charge in [-0.2, -0.15) is 0 Å². The fraction of sp³-hybridized carbons (Fsp3) is 0. The van der Waals surface area contributed by atoms with Crippen molar-refractivity contribution in [3.05, 3.63) is 28.0 Å². The Hall–Kier alpha value is 0.840. The van der Waals surface area contributed by atoms with Crippen LogP contribution in [0.5, 0.6) is 0 Å². The van der Waals surface area contributed by atoms with Gasteiger partial charge in [-0.25, -0.2) is 4.39 Å². The maximum absolute atomic E-state index is 12.8. The van der Waals surface area contributed by atoms with Gasteiger partial charge in [0.05, 0.1) is 10.0 Å². The molecule has 1 rings (SSSR count). The third-order valence-electron chi connectivity index (χ3n) is 1.18. The summed E-state index contributed by atoms with van der Waals surface area (Å²) < 4.78 is 33.6. The van der Waals surface area contributed by atoms with Crippen molar-refractivity contribution in [3.8, 4) is 0 Å². The van der Waals surface area contributed by atoms with Crippen molar-refractivity contribution >= 4 is 34.3 Å². The van der Waals surface area contributed by atoms with E-state index in [1.807, 2.05) is 0 Å². The van der Waals surface area contributed by atoms with Crippen LogP contribution in [-0.4, -0.2) is 8.76 Å². The molecule has 0 aliphatic carbocycles. The minimum atomic E-state index is -2.54. The van der Waals surface area contributed by atoms with E-state index in [4.69, 9.17) is 23.2 Å². The zero-order valence-electron chi connectivity index (χ0n) is 6.51. The van der Waals surface area contributed by atoms with E-state index in [0.717, 1.165) is 12.1 Å². The molecular formula is C6H2Cl2FNaO2S. The Labute approximate surface area is 109 Å². The van der Waals surface area contributed by atoms with Crippen LogP contribution in [0.15, 0.2) is 17.0 Å². The Morgan fingerprint density at radius 3 is 2.38 bits per heavy atom. The fourth-order valence-electron chi connectivity index (χ4n) is 0.637.